The second-order valence-corrected chi connectivity index (χ2v) is 4.52. The maximum Gasteiger partial charge on any atom is 0.418 e. The van der Waals surface area contributed by atoms with Crippen LogP contribution < -0.4 is 11.1 Å². The van der Waals surface area contributed by atoms with E-state index in [2.05, 4.69) is 10.4 Å². The molecule has 3 N–H and O–H groups in total. The number of nitrogen functional groups attached to an aromatic ring is 1. The van der Waals surface area contributed by atoms with Gasteiger partial charge in [0.05, 0.1) is 23.0 Å². The largest absolute Gasteiger partial charge is 0.418 e. The van der Waals surface area contributed by atoms with Crippen molar-refractivity contribution in [3.63, 3.8) is 0 Å². The number of hydrogen-bond donors (Lipinski definition) is 2. The van der Waals surface area contributed by atoms with E-state index in [0.717, 1.165) is 12.1 Å². The van der Waals surface area contributed by atoms with E-state index in [9.17, 15) is 18.0 Å². The van der Waals surface area contributed by atoms with E-state index in [-0.39, 0.29) is 16.9 Å². The highest BCUT2D eigenvalue weighted by molar-refractivity contribution is 6.05. The highest BCUT2D eigenvalue weighted by atomic mass is 19.4. The van der Waals surface area contributed by atoms with Crippen LogP contribution in [0.4, 0.5) is 24.5 Å². The summed E-state index contributed by atoms with van der Waals surface area (Å²) in [5.74, 6) is -0.657. The first-order valence-corrected chi connectivity index (χ1v) is 5.97. The van der Waals surface area contributed by atoms with Crippen LogP contribution in [0.25, 0.3) is 0 Å². The maximum absolute atomic E-state index is 12.9. The molecule has 0 aliphatic carbocycles. The van der Waals surface area contributed by atoms with Gasteiger partial charge in [-0.2, -0.15) is 18.3 Å². The van der Waals surface area contributed by atoms with E-state index in [1.54, 1.807) is 14.0 Å². The Morgan fingerprint density at radius 3 is 2.57 bits per heavy atom. The molecule has 112 valence electrons. The summed E-state index contributed by atoms with van der Waals surface area (Å²) in [5, 5.41) is 6.12. The minimum Gasteiger partial charge on any atom is -0.399 e. The lowest BCUT2D eigenvalue weighted by molar-refractivity contribution is -0.136. The number of rotatable bonds is 2. The smallest absolute Gasteiger partial charge is 0.399 e. The molecule has 0 radical (unpaired) electrons. The number of nitrogens with zero attached hydrogens (tertiary/aromatic N) is 2. The summed E-state index contributed by atoms with van der Waals surface area (Å²) >= 11 is 0. The summed E-state index contributed by atoms with van der Waals surface area (Å²) in [4.78, 5) is 12.0. The number of anilines is 2. The van der Waals surface area contributed by atoms with Gasteiger partial charge in [0.25, 0.3) is 5.91 Å². The molecule has 0 aliphatic heterocycles. The van der Waals surface area contributed by atoms with Gasteiger partial charge in [-0.3, -0.25) is 9.48 Å². The number of carbonyl (C=O) groups excluding carboxylic acids is 1. The zero-order valence-corrected chi connectivity index (χ0v) is 11.3. The fraction of sp³-hybridized carbons (Fsp3) is 0.231. The number of benzene rings is 1. The van der Waals surface area contributed by atoms with Crippen molar-refractivity contribution in [2.24, 2.45) is 7.05 Å². The molecule has 0 saturated heterocycles. The van der Waals surface area contributed by atoms with E-state index in [1.165, 1.54) is 16.9 Å². The molecule has 0 aliphatic rings. The van der Waals surface area contributed by atoms with E-state index in [0.29, 0.717) is 5.69 Å². The molecular weight excluding hydrogens is 285 g/mol. The van der Waals surface area contributed by atoms with Gasteiger partial charge in [0.1, 0.15) is 0 Å². The van der Waals surface area contributed by atoms with Gasteiger partial charge in [-0.25, -0.2) is 0 Å². The van der Waals surface area contributed by atoms with Crippen molar-refractivity contribution in [3.05, 3.63) is 41.2 Å². The van der Waals surface area contributed by atoms with E-state index >= 15 is 0 Å². The van der Waals surface area contributed by atoms with Gasteiger partial charge in [0.15, 0.2) is 0 Å². The van der Waals surface area contributed by atoms with E-state index in [1.807, 2.05) is 0 Å². The van der Waals surface area contributed by atoms with Crippen LogP contribution in [0, 0.1) is 6.92 Å². The molecule has 21 heavy (non-hydrogen) atoms. The first kappa shape index (κ1) is 14.9. The second-order valence-electron chi connectivity index (χ2n) is 4.52. The molecule has 1 aromatic heterocycles. The number of aromatic nitrogens is 2. The van der Waals surface area contributed by atoms with Gasteiger partial charge in [0.2, 0.25) is 0 Å². The molecule has 1 amide bonds. The van der Waals surface area contributed by atoms with Gasteiger partial charge in [-0.1, -0.05) is 0 Å². The number of nitrogens with one attached hydrogen (secondary N) is 1. The summed E-state index contributed by atoms with van der Waals surface area (Å²) in [6.07, 6.45) is -3.31. The molecular formula is C13H13F3N4O. The van der Waals surface area contributed by atoms with Gasteiger partial charge < -0.3 is 11.1 Å². The van der Waals surface area contributed by atoms with Gasteiger partial charge in [0, 0.05) is 18.4 Å². The Kier molecular flexibility index (Phi) is 3.63. The number of aryl methyl sites for hydroxylation is 1. The highest BCUT2D eigenvalue weighted by Crippen LogP contribution is 2.36. The Bertz CT molecular complexity index is 691. The minimum atomic E-state index is -4.61. The van der Waals surface area contributed by atoms with Gasteiger partial charge in [-0.15, -0.1) is 0 Å². The standard InChI is InChI=1S/C13H13F3N4O/c1-7-9(6-18-20(7)2)12(21)19-11-4-3-8(17)5-10(11)13(14,15)16/h3-6H,17H2,1-2H3,(H,19,21). The first-order valence-electron chi connectivity index (χ1n) is 5.97. The van der Waals surface area contributed by atoms with Crippen LogP contribution in [0.5, 0.6) is 0 Å². The number of nitrogens with two attached hydrogens (primary N) is 1. The molecule has 8 heteroatoms. The molecule has 0 saturated carbocycles. The predicted octanol–water partition coefficient (Wildman–Crippen LogP) is 2.58. The van der Waals surface area contributed by atoms with Crippen LogP contribution in [0.3, 0.4) is 0 Å². The van der Waals surface area contributed by atoms with Crippen LogP contribution in [-0.2, 0) is 13.2 Å². The molecule has 1 aromatic carbocycles. The lowest BCUT2D eigenvalue weighted by Gasteiger charge is -2.14. The molecule has 1 heterocycles. The van der Waals surface area contributed by atoms with Crippen LogP contribution in [-0.4, -0.2) is 15.7 Å². The van der Waals surface area contributed by atoms with Gasteiger partial charge >= 0.3 is 6.18 Å². The third-order valence-corrected chi connectivity index (χ3v) is 3.08. The number of carbonyl (C=O) groups is 1. The lowest BCUT2D eigenvalue weighted by Crippen LogP contribution is -2.17. The number of halogens is 3. The average molecular weight is 298 g/mol. The summed E-state index contributed by atoms with van der Waals surface area (Å²) in [7, 11) is 1.64. The normalized spacial score (nSPS) is 11.5. The van der Waals surface area contributed by atoms with Crippen molar-refractivity contribution in [3.8, 4) is 0 Å². The predicted molar refractivity (Wildman–Crippen MR) is 71.8 cm³/mol. The quantitative estimate of drug-likeness (QED) is 0.837. The third kappa shape index (κ3) is 2.99. The Morgan fingerprint density at radius 2 is 2.05 bits per heavy atom. The van der Waals surface area contributed by atoms with Gasteiger partial charge in [-0.05, 0) is 25.1 Å². The molecule has 5 nitrogen and oxygen atoms in total. The van der Waals surface area contributed by atoms with Crippen LogP contribution in [0.1, 0.15) is 21.6 Å². The number of alkyl halides is 3. The fourth-order valence-electron chi connectivity index (χ4n) is 1.82. The van der Waals surface area contributed by atoms with Crippen molar-refractivity contribution < 1.29 is 18.0 Å². The molecule has 2 rings (SSSR count). The zero-order valence-electron chi connectivity index (χ0n) is 11.3. The summed E-state index contributed by atoms with van der Waals surface area (Å²) in [5.41, 5.74) is 4.77. The SMILES string of the molecule is Cc1c(C(=O)Nc2ccc(N)cc2C(F)(F)F)cnn1C. The summed E-state index contributed by atoms with van der Waals surface area (Å²) in [6.45, 7) is 1.65. The minimum absolute atomic E-state index is 0.0297. The second kappa shape index (κ2) is 5.12. The zero-order chi connectivity index (χ0) is 15.8. The summed E-state index contributed by atoms with van der Waals surface area (Å²) in [6, 6.07) is 3.20. The van der Waals surface area contributed by atoms with Crippen molar-refractivity contribution in [2.75, 3.05) is 11.1 Å². The monoisotopic (exact) mass is 298 g/mol. The first-order chi connectivity index (χ1) is 9.70. The fourth-order valence-corrected chi connectivity index (χ4v) is 1.82. The van der Waals surface area contributed by atoms with Crippen LogP contribution >= 0.6 is 0 Å². The lowest BCUT2D eigenvalue weighted by atomic mass is 10.1. The van der Waals surface area contributed by atoms with E-state index in [4.69, 9.17) is 5.73 Å². The highest BCUT2D eigenvalue weighted by Gasteiger charge is 2.34. The maximum atomic E-state index is 12.9. The van der Waals surface area contributed by atoms with Crippen LogP contribution in [0.15, 0.2) is 24.4 Å². The van der Waals surface area contributed by atoms with Crippen molar-refractivity contribution in [1.82, 2.24) is 9.78 Å². The number of amides is 1. The van der Waals surface area contributed by atoms with Crippen LogP contribution in [0.2, 0.25) is 0 Å². The molecule has 0 fully saturated rings. The van der Waals surface area contributed by atoms with Crippen molar-refractivity contribution in [2.45, 2.75) is 13.1 Å². The van der Waals surface area contributed by atoms with E-state index < -0.39 is 17.6 Å². The van der Waals surface area contributed by atoms with Crippen molar-refractivity contribution in [1.29, 1.82) is 0 Å². The Balaban J connectivity index is 2.36. The Morgan fingerprint density at radius 1 is 1.38 bits per heavy atom. The third-order valence-electron chi connectivity index (χ3n) is 3.08. The Hall–Kier alpha value is -2.51. The molecule has 0 spiro atoms. The average Bonchev–Trinajstić information content (AvgIpc) is 2.71. The summed E-state index contributed by atoms with van der Waals surface area (Å²) < 4.78 is 40.3. The van der Waals surface area contributed by atoms with Crippen molar-refractivity contribution >= 4 is 17.3 Å². The molecule has 2 aromatic rings. The number of hydrogen-bond acceptors (Lipinski definition) is 3. The Labute approximate surface area is 118 Å². The molecule has 0 unspecified atom stereocenters. The molecule has 0 atom stereocenters. The topological polar surface area (TPSA) is 72.9 Å². The molecule has 0 bridgehead atoms.